The molecule has 0 amide bonds. The van der Waals surface area contributed by atoms with Crippen LogP contribution in [0.3, 0.4) is 0 Å². The van der Waals surface area contributed by atoms with E-state index in [1.54, 1.807) is 0 Å². The van der Waals surface area contributed by atoms with Crippen molar-refractivity contribution in [3.63, 3.8) is 0 Å². The minimum atomic E-state index is -5.09. The first-order valence-corrected chi connectivity index (χ1v) is 6.97. The molecule has 0 aliphatic heterocycles. The number of hydrogen-bond donors (Lipinski definition) is 0. The zero-order valence-corrected chi connectivity index (χ0v) is 13.0. The lowest BCUT2D eigenvalue weighted by Gasteiger charge is -2.10. The van der Waals surface area contributed by atoms with Crippen LogP contribution in [0.25, 0.3) is 0 Å². The lowest BCUT2D eigenvalue weighted by molar-refractivity contribution is -0.275. The van der Waals surface area contributed by atoms with Crippen LogP contribution in [0.5, 0.6) is 5.75 Å². The fourth-order valence-corrected chi connectivity index (χ4v) is 2.13. The van der Waals surface area contributed by atoms with Crippen LogP contribution in [0, 0.1) is 11.6 Å². The van der Waals surface area contributed by atoms with Crippen molar-refractivity contribution < 1.29 is 36.3 Å². The van der Waals surface area contributed by atoms with Crippen LogP contribution in [-0.4, -0.2) is 17.9 Å². The Morgan fingerprint density at radius 1 is 0.875 bits per heavy atom. The van der Waals surface area contributed by atoms with Crippen molar-refractivity contribution in [3.8, 4) is 5.75 Å². The van der Waals surface area contributed by atoms with E-state index in [0.717, 1.165) is 24.3 Å². The molecular weight excluding hydrogens is 403 g/mol. The van der Waals surface area contributed by atoms with E-state index in [-0.39, 0.29) is 10.0 Å². The molecule has 0 spiro atoms. The number of halogens is 6. The summed E-state index contributed by atoms with van der Waals surface area (Å²) in [6.07, 6.45) is -5.09. The van der Waals surface area contributed by atoms with Gasteiger partial charge in [-0.15, -0.1) is 13.2 Å². The van der Waals surface area contributed by atoms with Crippen LogP contribution < -0.4 is 4.74 Å². The molecule has 9 heteroatoms. The first kappa shape index (κ1) is 18.1. The number of carbonyl (C=O) groups excluding carboxylic acids is 2. The van der Waals surface area contributed by atoms with Crippen molar-refractivity contribution in [2.75, 3.05) is 0 Å². The van der Waals surface area contributed by atoms with E-state index in [2.05, 4.69) is 20.7 Å². The fraction of sp³-hybridized carbons (Fsp3) is 0.0667. The number of hydrogen-bond acceptors (Lipinski definition) is 3. The Balaban J connectivity index is 2.27. The van der Waals surface area contributed by atoms with Gasteiger partial charge in [0.2, 0.25) is 11.6 Å². The van der Waals surface area contributed by atoms with Gasteiger partial charge in [0.05, 0.1) is 4.47 Å². The highest BCUT2D eigenvalue weighted by molar-refractivity contribution is 9.10. The van der Waals surface area contributed by atoms with Gasteiger partial charge in [0.25, 0.3) is 0 Å². The lowest BCUT2D eigenvalue weighted by Crippen LogP contribution is -2.19. The second-order valence-corrected chi connectivity index (χ2v) is 5.33. The highest BCUT2D eigenvalue weighted by atomic mass is 79.9. The molecule has 2 aromatic rings. The maximum absolute atomic E-state index is 13.6. The zero-order chi connectivity index (χ0) is 18.1. The Morgan fingerprint density at radius 2 is 1.42 bits per heavy atom. The van der Waals surface area contributed by atoms with E-state index in [1.807, 2.05) is 0 Å². The maximum atomic E-state index is 13.6. The van der Waals surface area contributed by atoms with Crippen molar-refractivity contribution in [2.45, 2.75) is 6.36 Å². The highest BCUT2D eigenvalue weighted by Crippen LogP contribution is 2.26. The summed E-state index contributed by atoms with van der Waals surface area (Å²) in [5.41, 5.74) is -0.628. The van der Waals surface area contributed by atoms with E-state index >= 15 is 0 Å². The molecule has 0 aromatic heterocycles. The predicted octanol–water partition coefficient (Wildman–Crippen LogP) is 4.69. The second kappa shape index (κ2) is 6.68. The van der Waals surface area contributed by atoms with Gasteiger partial charge in [0.1, 0.15) is 5.82 Å². The Kier molecular flexibility index (Phi) is 5.02. The zero-order valence-electron chi connectivity index (χ0n) is 11.5. The third kappa shape index (κ3) is 4.16. The van der Waals surface area contributed by atoms with Crippen molar-refractivity contribution in [1.29, 1.82) is 0 Å². The SMILES string of the molecule is O=C(C(=O)c1ccc(F)c(Br)c1)c1ccc(OC(F)(F)F)c(F)c1. The molecule has 0 saturated carbocycles. The van der Waals surface area contributed by atoms with E-state index in [0.29, 0.717) is 12.1 Å². The highest BCUT2D eigenvalue weighted by Gasteiger charge is 2.32. The first-order chi connectivity index (χ1) is 11.1. The van der Waals surface area contributed by atoms with Gasteiger partial charge < -0.3 is 4.74 Å². The minimum absolute atomic E-state index is 0.0544. The Morgan fingerprint density at radius 3 is 1.92 bits per heavy atom. The molecule has 0 aliphatic carbocycles. The van der Waals surface area contributed by atoms with Crippen LogP contribution in [0.2, 0.25) is 0 Å². The molecule has 0 unspecified atom stereocenters. The molecule has 0 radical (unpaired) electrons. The molecule has 3 nitrogen and oxygen atoms in total. The molecule has 24 heavy (non-hydrogen) atoms. The fourth-order valence-electron chi connectivity index (χ4n) is 1.75. The van der Waals surface area contributed by atoms with Gasteiger partial charge in [-0.25, -0.2) is 8.78 Å². The second-order valence-electron chi connectivity index (χ2n) is 4.48. The molecule has 2 aromatic carbocycles. The Hall–Kier alpha value is -2.29. The van der Waals surface area contributed by atoms with Gasteiger partial charge in [-0.2, -0.15) is 0 Å². The quantitative estimate of drug-likeness (QED) is 0.418. The number of ketones is 2. The van der Waals surface area contributed by atoms with Crippen molar-refractivity contribution in [3.05, 3.63) is 63.6 Å². The van der Waals surface area contributed by atoms with Crippen LogP contribution in [0.15, 0.2) is 40.9 Å². The number of Topliss-reactive ketones (excluding diaryl/α,β-unsaturated/α-hetero) is 2. The van der Waals surface area contributed by atoms with Gasteiger partial charge in [-0.1, -0.05) is 0 Å². The van der Waals surface area contributed by atoms with Crippen molar-refractivity contribution >= 4 is 27.5 Å². The first-order valence-electron chi connectivity index (χ1n) is 6.18. The summed E-state index contributed by atoms with van der Waals surface area (Å²) in [5, 5.41) is 0. The molecule has 0 fully saturated rings. The third-order valence-electron chi connectivity index (χ3n) is 2.81. The summed E-state index contributed by atoms with van der Waals surface area (Å²) in [4.78, 5) is 24.0. The summed E-state index contributed by atoms with van der Waals surface area (Å²) >= 11 is 2.85. The van der Waals surface area contributed by atoms with E-state index < -0.39 is 40.9 Å². The van der Waals surface area contributed by atoms with Crippen LogP contribution in [0.1, 0.15) is 20.7 Å². The van der Waals surface area contributed by atoms with Gasteiger partial charge in [-0.3, -0.25) is 9.59 Å². The molecule has 2 rings (SSSR count). The molecule has 0 saturated heterocycles. The normalized spacial score (nSPS) is 11.2. The number of carbonyl (C=O) groups is 2. The predicted molar refractivity (Wildman–Crippen MR) is 75.8 cm³/mol. The third-order valence-corrected chi connectivity index (χ3v) is 3.42. The van der Waals surface area contributed by atoms with E-state index in [1.165, 1.54) is 0 Å². The van der Waals surface area contributed by atoms with Gasteiger partial charge in [-0.05, 0) is 52.3 Å². The molecule has 0 heterocycles. The topological polar surface area (TPSA) is 43.4 Å². The van der Waals surface area contributed by atoms with Crippen LogP contribution >= 0.6 is 15.9 Å². The smallest absolute Gasteiger partial charge is 0.403 e. The van der Waals surface area contributed by atoms with E-state index in [4.69, 9.17) is 0 Å². The molecule has 0 bridgehead atoms. The van der Waals surface area contributed by atoms with Crippen LogP contribution in [-0.2, 0) is 0 Å². The van der Waals surface area contributed by atoms with E-state index in [9.17, 15) is 31.5 Å². The Bertz CT molecular complexity index is 817. The molecule has 0 atom stereocenters. The summed E-state index contributed by atoms with van der Waals surface area (Å²) in [5.74, 6) is -5.47. The summed E-state index contributed by atoms with van der Waals surface area (Å²) in [7, 11) is 0. The largest absolute Gasteiger partial charge is 0.573 e. The summed E-state index contributed by atoms with van der Waals surface area (Å²) in [6.45, 7) is 0. The average molecular weight is 409 g/mol. The number of rotatable bonds is 4. The Labute approximate surface area is 140 Å². The maximum Gasteiger partial charge on any atom is 0.573 e. The molecule has 0 N–H and O–H groups in total. The molecule has 0 aliphatic rings. The standard InChI is InChI=1S/C15H6BrF5O3/c16-9-5-7(1-3-10(9)17)13(22)14(23)8-2-4-12(11(18)6-8)24-15(19,20)21/h1-6H. The van der Waals surface area contributed by atoms with Crippen molar-refractivity contribution in [2.24, 2.45) is 0 Å². The monoisotopic (exact) mass is 408 g/mol. The summed E-state index contributed by atoms with van der Waals surface area (Å²) < 4.78 is 66.2. The molecular formula is C15H6BrF5O3. The average Bonchev–Trinajstić information content (AvgIpc) is 2.49. The van der Waals surface area contributed by atoms with Crippen LogP contribution in [0.4, 0.5) is 22.0 Å². The van der Waals surface area contributed by atoms with Gasteiger partial charge >= 0.3 is 6.36 Å². The minimum Gasteiger partial charge on any atom is -0.403 e. The summed E-state index contributed by atoms with van der Waals surface area (Å²) in [6, 6.07) is 4.93. The number of ether oxygens (including phenoxy) is 1. The number of benzene rings is 2. The van der Waals surface area contributed by atoms with Gasteiger partial charge in [0.15, 0.2) is 11.6 Å². The van der Waals surface area contributed by atoms with Gasteiger partial charge in [0, 0.05) is 11.1 Å². The lowest BCUT2D eigenvalue weighted by atomic mass is 10.0. The van der Waals surface area contributed by atoms with Crippen molar-refractivity contribution in [1.82, 2.24) is 0 Å². The number of alkyl halides is 3. The molecule has 126 valence electrons.